The third-order valence-electron chi connectivity index (χ3n) is 16.2. The molecule has 0 spiro atoms. The monoisotopic (exact) mass is 970 g/mol. The highest BCUT2D eigenvalue weighted by Gasteiger charge is 2.44. The Morgan fingerprint density at radius 1 is 0.368 bits per heavy atom. The van der Waals surface area contributed by atoms with Gasteiger partial charge in [-0.05, 0) is 119 Å². The molecule has 0 radical (unpaired) electrons. The summed E-state index contributed by atoms with van der Waals surface area (Å²) in [6.45, 7) is 6.82. The molecule has 3 nitrogen and oxygen atoms in total. The highest BCUT2D eigenvalue weighted by Crippen LogP contribution is 2.52. The van der Waals surface area contributed by atoms with E-state index in [9.17, 15) is 0 Å². The third-order valence-corrected chi connectivity index (χ3v) is 16.2. The molecule has 0 aliphatic carbocycles. The number of benzene rings is 12. The number of anilines is 3. The highest BCUT2D eigenvalue weighted by atomic mass is 16.5. The Labute approximate surface area is 443 Å². The SMILES string of the molecule is CC(C)(C)c1cc2c3c(c1)N(c1c(-c4ccccc4)cccc1-c1ccccc1)c1cc(-c4c5ccccc5c(-c5ccccc5)c5ccccc45)ccc1B3c1ccc(-n3c4ccccc4c4ccccc43)cc1O2. The van der Waals surface area contributed by atoms with E-state index >= 15 is 0 Å². The van der Waals surface area contributed by atoms with Crippen LogP contribution < -0.4 is 26.0 Å². The van der Waals surface area contributed by atoms with Crippen molar-refractivity contribution < 1.29 is 4.74 Å². The summed E-state index contributed by atoms with van der Waals surface area (Å²) >= 11 is 0. The molecule has 1 aromatic heterocycles. The first-order chi connectivity index (χ1) is 37.4. The molecule has 0 N–H and O–H groups in total. The van der Waals surface area contributed by atoms with Crippen LogP contribution in [-0.4, -0.2) is 11.3 Å². The standard InChI is InChI=1S/C72H51BN2O/c1-72(2,3)50-43-65-70-67(44-50)76-66-45-51(74-62-36-19-17-28-54(62)55-29-18-20-37-63(55)74)39-41-61(66)73(70)60-40-38-49(69-58-32-15-13-30-56(58)68(48-26-11-6-12-27-48)57-31-14-16-33-59(57)69)42-64(60)75(65)71-52(46-22-7-4-8-23-46)34-21-35-53(71)47-24-9-5-10-25-47/h4-45H,1-3H3. The quantitative estimate of drug-likeness (QED) is 0.122. The number of aromatic nitrogens is 1. The molecule has 4 heteroatoms. The molecule has 3 heterocycles. The van der Waals surface area contributed by atoms with Crippen LogP contribution in [0.4, 0.5) is 17.1 Å². The maximum absolute atomic E-state index is 7.45. The van der Waals surface area contributed by atoms with Crippen molar-refractivity contribution in [3.8, 4) is 61.7 Å². The largest absolute Gasteiger partial charge is 0.458 e. The van der Waals surface area contributed by atoms with E-state index in [2.05, 4.69) is 285 Å². The number of fused-ring (bicyclic) bond motifs is 9. The molecule has 0 fully saturated rings. The van der Waals surface area contributed by atoms with E-state index in [-0.39, 0.29) is 12.1 Å². The van der Waals surface area contributed by atoms with Crippen LogP contribution in [0, 0.1) is 0 Å². The van der Waals surface area contributed by atoms with Gasteiger partial charge in [-0.25, -0.2) is 0 Å². The zero-order valence-corrected chi connectivity index (χ0v) is 42.6. The number of ether oxygens (including phenoxy) is 1. The summed E-state index contributed by atoms with van der Waals surface area (Å²) in [5, 5.41) is 7.39. The molecule has 0 unspecified atom stereocenters. The van der Waals surface area contributed by atoms with Crippen LogP contribution in [-0.2, 0) is 5.41 Å². The maximum Gasteiger partial charge on any atom is 0.256 e. The van der Waals surface area contributed by atoms with Gasteiger partial charge in [0.1, 0.15) is 11.5 Å². The second kappa shape index (κ2) is 17.1. The first-order valence-corrected chi connectivity index (χ1v) is 26.5. The molecular formula is C72H51BN2O. The number of para-hydroxylation sites is 3. The maximum atomic E-state index is 7.45. The van der Waals surface area contributed by atoms with Gasteiger partial charge in [-0.1, -0.05) is 233 Å². The number of nitrogens with zero attached hydrogens (tertiary/aromatic N) is 2. The van der Waals surface area contributed by atoms with Crippen molar-refractivity contribution in [3.63, 3.8) is 0 Å². The average Bonchev–Trinajstić information content (AvgIpc) is 3.88. The molecule has 2 aliphatic rings. The molecule has 0 atom stereocenters. The lowest BCUT2D eigenvalue weighted by Gasteiger charge is -2.42. The lowest BCUT2D eigenvalue weighted by molar-refractivity contribution is 0.483. The Hall–Kier alpha value is -9.38. The summed E-state index contributed by atoms with van der Waals surface area (Å²) in [5.41, 5.74) is 20.9. The van der Waals surface area contributed by atoms with Crippen LogP contribution in [0.5, 0.6) is 11.5 Å². The Morgan fingerprint density at radius 3 is 1.41 bits per heavy atom. The van der Waals surface area contributed by atoms with E-state index in [1.807, 2.05) is 0 Å². The van der Waals surface area contributed by atoms with Crippen molar-refractivity contribution >= 4 is 83.5 Å². The first kappa shape index (κ1) is 44.1. The topological polar surface area (TPSA) is 17.4 Å². The van der Waals surface area contributed by atoms with E-state index < -0.39 is 0 Å². The third kappa shape index (κ3) is 6.77. The Morgan fingerprint density at radius 2 is 0.855 bits per heavy atom. The van der Waals surface area contributed by atoms with Gasteiger partial charge in [-0.15, -0.1) is 0 Å². The summed E-state index contributed by atoms with van der Waals surface area (Å²) in [6, 6.07) is 94.1. The van der Waals surface area contributed by atoms with Crippen LogP contribution in [0.25, 0.3) is 93.5 Å². The van der Waals surface area contributed by atoms with E-state index in [0.717, 1.165) is 62.0 Å². The van der Waals surface area contributed by atoms with E-state index in [1.165, 1.54) is 82.1 Å². The highest BCUT2D eigenvalue weighted by molar-refractivity contribution is 6.99. The first-order valence-electron chi connectivity index (χ1n) is 26.5. The van der Waals surface area contributed by atoms with E-state index in [4.69, 9.17) is 4.74 Å². The predicted octanol–water partition coefficient (Wildman–Crippen LogP) is 17.5. The second-order valence-electron chi connectivity index (χ2n) is 21.5. The van der Waals surface area contributed by atoms with Crippen LogP contribution >= 0.6 is 0 Å². The normalized spacial score (nSPS) is 12.7. The molecule has 12 aromatic carbocycles. The van der Waals surface area contributed by atoms with Gasteiger partial charge in [0.05, 0.1) is 16.7 Å². The van der Waals surface area contributed by atoms with Crippen LogP contribution in [0.1, 0.15) is 26.3 Å². The minimum absolute atomic E-state index is 0.131. The lowest BCUT2D eigenvalue weighted by atomic mass is 9.34. The molecule has 358 valence electrons. The van der Waals surface area contributed by atoms with E-state index in [1.54, 1.807) is 0 Å². The number of hydrogen-bond acceptors (Lipinski definition) is 2. The summed E-state index contributed by atoms with van der Waals surface area (Å²) in [4.78, 5) is 2.61. The Kier molecular flexibility index (Phi) is 9.93. The Bertz CT molecular complexity index is 4310. The van der Waals surface area contributed by atoms with Gasteiger partial charge in [-0.3, -0.25) is 0 Å². The molecule has 15 rings (SSSR count). The number of rotatable bonds is 6. The van der Waals surface area contributed by atoms with Gasteiger partial charge in [-0.2, -0.15) is 0 Å². The van der Waals surface area contributed by atoms with Crippen molar-refractivity contribution in [2.75, 3.05) is 4.90 Å². The molecule has 13 aromatic rings. The van der Waals surface area contributed by atoms with Gasteiger partial charge < -0.3 is 14.2 Å². The second-order valence-corrected chi connectivity index (χ2v) is 21.5. The van der Waals surface area contributed by atoms with Gasteiger partial charge in [0.25, 0.3) is 6.71 Å². The minimum atomic E-state index is -0.206. The summed E-state index contributed by atoms with van der Waals surface area (Å²) < 4.78 is 9.84. The minimum Gasteiger partial charge on any atom is -0.458 e. The van der Waals surface area contributed by atoms with Gasteiger partial charge in [0.2, 0.25) is 0 Å². The molecule has 76 heavy (non-hydrogen) atoms. The predicted molar refractivity (Wildman–Crippen MR) is 322 cm³/mol. The van der Waals surface area contributed by atoms with Crippen molar-refractivity contribution in [2.24, 2.45) is 0 Å². The molecule has 0 saturated heterocycles. The molecule has 0 amide bonds. The fourth-order valence-corrected chi connectivity index (χ4v) is 12.7. The molecular weight excluding hydrogens is 920 g/mol. The van der Waals surface area contributed by atoms with Crippen LogP contribution in [0.2, 0.25) is 0 Å². The van der Waals surface area contributed by atoms with Gasteiger partial charge in [0, 0.05) is 45.0 Å². The lowest BCUT2D eigenvalue weighted by Crippen LogP contribution is -2.59. The molecule has 2 aliphatic heterocycles. The fourth-order valence-electron chi connectivity index (χ4n) is 12.7. The zero-order chi connectivity index (χ0) is 50.6. The average molecular weight is 971 g/mol. The summed E-state index contributed by atoms with van der Waals surface area (Å²) in [6.07, 6.45) is 0. The van der Waals surface area contributed by atoms with Gasteiger partial charge >= 0.3 is 0 Å². The summed E-state index contributed by atoms with van der Waals surface area (Å²) in [7, 11) is 0. The fraction of sp³-hybridized carbons (Fsp3) is 0.0556. The van der Waals surface area contributed by atoms with Crippen molar-refractivity contribution in [1.29, 1.82) is 0 Å². The van der Waals surface area contributed by atoms with Crippen molar-refractivity contribution in [3.05, 3.63) is 260 Å². The van der Waals surface area contributed by atoms with Crippen molar-refractivity contribution in [2.45, 2.75) is 26.2 Å². The van der Waals surface area contributed by atoms with Gasteiger partial charge in [0.15, 0.2) is 0 Å². The number of hydrogen-bond donors (Lipinski definition) is 0. The van der Waals surface area contributed by atoms with Crippen molar-refractivity contribution in [1.82, 2.24) is 4.57 Å². The summed E-state index contributed by atoms with van der Waals surface area (Å²) in [5.74, 6) is 1.77. The zero-order valence-electron chi connectivity index (χ0n) is 42.6. The Balaban J connectivity index is 1.05. The molecule has 0 saturated carbocycles. The smallest absolute Gasteiger partial charge is 0.256 e. The van der Waals surface area contributed by atoms with Crippen LogP contribution in [0.3, 0.4) is 0 Å². The van der Waals surface area contributed by atoms with E-state index in [0.29, 0.717) is 0 Å². The van der Waals surface area contributed by atoms with Crippen LogP contribution in [0.15, 0.2) is 255 Å². The molecule has 0 bridgehead atoms.